The van der Waals surface area contributed by atoms with Crippen LogP contribution in [0.1, 0.15) is 58.4 Å². The Hall–Kier alpha value is -2.11. The third-order valence-electron chi connectivity index (χ3n) is 6.37. The highest BCUT2D eigenvalue weighted by molar-refractivity contribution is 8.55. The van der Waals surface area contributed by atoms with Crippen LogP contribution in [0.3, 0.4) is 0 Å². The second-order valence-electron chi connectivity index (χ2n) is 9.43. The fraction of sp³-hybridized carbons (Fsp3) is 0.355. The normalized spacial score (nSPS) is 13.9. The predicted octanol–water partition coefficient (Wildman–Crippen LogP) is 9.95. The minimum Gasteiger partial charge on any atom is -0.611 e. The molecule has 0 saturated heterocycles. The van der Waals surface area contributed by atoms with Gasteiger partial charge in [0.15, 0.2) is 4.90 Å². The summed E-state index contributed by atoms with van der Waals surface area (Å²) in [5, 5.41) is 4.13. The Labute approximate surface area is 234 Å². The summed E-state index contributed by atoms with van der Waals surface area (Å²) in [5.74, 6) is 2.37. The minimum absolute atomic E-state index is 0.517. The Morgan fingerprint density at radius 1 is 0.763 bits per heavy atom. The van der Waals surface area contributed by atoms with Crippen molar-refractivity contribution in [3.8, 4) is 11.5 Å². The molecule has 0 aromatic heterocycles. The number of benzene rings is 4. The van der Waals surface area contributed by atoms with E-state index in [2.05, 4.69) is 32.0 Å². The Bertz CT molecular complexity index is 1410. The number of hydrogen-bond acceptors (Lipinski definition) is 5. The monoisotopic (exact) mass is 568 g/mol. The summed E-state index contributed by atoms with van der Waals surface area (Å²) in [6.07, 6.45) is 6.67. The van der Waals surface area contributed by atoms with Crippen molar-refractivity contribution in [1.29, 1.82) is 0 Å². The molecule has 0 bridgehead atoms. The number of rotatable bonds is 14. The highest BCUT2D eigenvalue weighted by Gasteiger charge is 2.29. The molecule has 4 nitrogen and oxygen atoms in total. The summed E-state index contributed by atoms with van der Waals surface area (Å²) in [6.45, 7) is 2.69. The Balaban J connectivity index is 1.55. The van der Waals surface area contributed by atoms with E-state index in [0.29, 0.717) is 23.0 Å². The lowest BCUT2D eigenvalue weighted by atomic mass is 10.0. The van der Waals surface area contributed by atoms with E-state index in [4.69, 9.17) is 9.05 Å². The van der Waals surface area contributed by atoms with Gasteiger partial charge in [0, 0.05) is 11.8 Å². The topological polar surface area (TPSA) is 58.6 Å². The molecule has 0 spiro atoms. The van der Waals surface area contributed by atoms with Crippen molar-refractivity contribution in [1.82, 2.24) is 0 Å². The number of aryl methyl sites for hydroxylation is 1. The van der Waals surface area contributed by atoms with E-state index in [0.717, 1.165) is 45.7 Å². The maximum Gasteiger partial charge on any atom is 0.492 e. The average molecular weight is 569 g/mol. The van der Waals surface area contributed by atoms with E-state index in [-0.39, 0.29) is 0 Å². The Morgan fingerprint density at radius 2 is 1.47 bits per heavy atom. The molecule has 7 heteroatoms. The van der Waals surface area contributed by atoms with Gasteiger partial charge < -0.3 is 13.6 Å². The van der Waals surface area contributed by atoms with Gasteiger partial charge in [-0.25, -0.2) is 4.57 Å². The van der Waals surface area contributed by atoms with Gasteiger partial charge in [0.05, 0.1) is 0 Å². The molecular weight excluding hydrogens is 531 g/mol. The van der Waals surface area contributed by atoms with Crippen LogP contribution in [0.25, 0.3) is 21.5 Å². The molecule has 0 heterocycles. The van der Waals surface area contributed by atoms with Crippen LogP contribution < -0.4 is 9.05 Å². The molecule has 0 aliphatic rings. The van der Waals surface area contributed by atoms with Crippen LogP contribution in [0, 0.1) is 0 Å². The standard InChI is InChI=1S/C31H37O4PS2/c1-4-7-8-9-11-24-12-10-13-29(19-24)34-36(32,37-18-5-2)35-30-16-14-25-21-28-23-31(38(33)6-3)17-15-26(28)20-27(25)22-30/h10,12-17,19-23H,4-9,11,18H2,1-3H3. The first-order valence-corrected chi connectivity index (χ1v) is 18.0. The van der Waals surface area contributed by atoms with E-state index in [1.807, 2.05) is 61.5 Å². The summed E-state index contributed by atoms with van der Waals surface area (Å²) < 4.78 is 38.3. The molecule has 0 N–H and O–H groups in total. The number of hydrogen-bond donors (Lipinski definition) is 0. The van der Waals surface area contributed by atoms with Crippen LogP contribution in [0.5, 0.6) is 11.5 Å². The SMILES string of the molecule is CCCCCCc1cccc(OP(=O)(Oc2ccc3cc4cc([S+]([O-])CC)ccc4cc3c2)SCCC)c1. The molecule has 0 aliphatic heterocycles. The molecule has 4 aromatic rings. The first-order valence-electron chi connectivity index (χ1n) is 13.5. The molecule has 4 rings (SSSR count). The fourth-order valence-electron chi connectivity index (χ4n) is 4.37. The van der Waals surface area contributed by atoms with Crippen LogP contribution in [0.4, 0.5) is 0 Å². The maximum absolute atomic E-state index is 13.9. The first kappa shape index (κ1) is 28.9. The van der Waals surface area contributed by atoms with Crippen LogP contribution in [0.15, 0.2) is 77.7 Å². The molecular formula is C31H37O4PS2. The maximum atomic E-state index is 13.9. The fourth-order valence-corrected chi connectivity index (χ4v) is 8.52. The van der Waals surface area contributed by atoms with Crippen LogP contribution in [-0.2, 0) is 22.2 Å². The summed E-state index contributed by atoms with van der Waals surface area (Å²) in [6, 6.07) is 23.7. The van der Waals surface area contributed by atoms with Gasteiger partial charge >= 0.3 is 6.80 Å². The van der Waals surface area contributed by atoms with E-state index < -0.39 is 18.0 Å². The van der Waals surface area contributed by atoms with Gasteiger partial charge in [-0.15, -0.1) is 0 Å². The molecule has 38 heavy (non-hydrogen) atoms. The molecule has 2 atom stereocenters. The van der Waals surface area contributed by atoms with Gasteiger partial charge in [0.25, 0.3) is 0 Å². The number of fused-ring (bicyclic) bond motifs is 2. The average Bonchev–Trinajstić information content (AvgIpc) is 2.92. The Morgan fingerprint density at radius 3 is 2.18 bits per heavy atom. The van der Waals surface area contributed by atoms with E-state index in [1.54, 1.807) is 0 Å². The zero-order valence-corrected chi connectivity index (χ0v) is 25.0. The van der Waals surface area contributed by atoms with Crippen LogP contribution in [0.2, 0.25) is 0 Å². The lowest BCUT2D eigenvalue weighted by molar-refractivity contribution is 0.408. The minimum atomic E-state index is -3.50. The highest BCUT2D eigenvalue weighted by Crippen LogP contribution is 2.60. The van der Waals surface area contributed by atoms with E-state index in [1.165, 1.54) is 36.2 Å². The number of unbranched alkanes of at least 4 members (excludes halogenated alkanes) is 3. The highest BCUT2D eigenvalue weighted by atomic mass is 32.7. The molecule has 0 radical (unpaired) electrons. The van der Waals surface area contributed by atoms with Gasteiger partial charge in [-0.3, -0.25) is 0 Å². The van der Waals surface area contributed by atoms with Crippen LogP contribution in [-0.4, -0.2) is 16.1 Å². The zero-order valence-electron chi connectivity index (χ0n) is 22.5. The van der Waals surface area contributed by atoms with Crippen molar-refractivity contribution in [3.63, 3.8) is 0 Å². The second-order valence-corrected chi connectivity index (χ2v) is 15.2. The smallest absolute Gasteiger partial charge is 0.492 e. The van der Waals surface area contributed by atoms with Crippen molar-refractivity contribution in [2.45, 2.75) is 64.2 Å². The quantitative estimate of drug-likeness (QED) is 0.0656. The lowest BCUT2D eigenvalue weighted by Gasteiger charge is -2.19. The van der Waals surface area contributed by atoms with Gasteiger partial charge in [0.1, 0.15) is 17.3 Å². The molecule has 202 valence electrons. The molecule has 0 aliphatic carbocycles. The molecule has 2 unspecified atom stereocenters. The lowest BCUT2D eigenvalue weighted by Crippen LogP contribution is -2.03. The van der Waals surface area contributed by atoms with E-state index in [9.17, 15) is 9.12 Å². The van der Waals surface area contributed by atoms with Crippen molar-refractivity contribution < 1.29 is 18.2 Å². The largest absolute Gasteiger partial charge is 0.611 e. The summed E-state index contributed by atoms with van der Waals surface area (Å²) in [7, 11) is 0. The van der Waals surface area contributed by atoms with Gasteiger partial charge in [0.2, 0.25) is 0 Å². The summed E-state index contributed by atoms with van der Waals surface area (Å²) in [4.78, 5) is 0.843. The molecule has 0 amide bonds. The van der Waals surface area contributed by atoms with E-state index >= 15 is 0 Å². The van der Waals surface area contributed by atoms with Gasteiger partial charge in [-0.1, -0.05) is 51.3 Å². The molecule has 0 saturated carbocycles. The summed E-state index contributed by atoms with van der Waals surface area (Å²) >= 11 is 0.253. The van der Waals surface area contributed by atoms with Crippen molar-refractivity contribution >= 4 is 50.9 Å². The molecule has 4 aromatic carbocycles. The predicted molar refractivity (Wildman–Crippen MR) is 164 cm³/mol. The van der Waals surface area contributed by atoms with Gasteiger partial charge in [-0.05, 0) is 124 Å². The third kappa shape index (κ3) is 7.72. The second kappa shape index (κ2) is 13.8. The molecule has 0 fully saturated rings. The zero-order chi connectivity index (χ0) is 27.0. The van der Waals surface area contributed by atoms with Crippen molar-refractivity contribution in [2.75, 3.05) is 11.5 Å². The van der Waals surface area contributed by atoms with Gasteiger partial charge in [-0.2, -0.15) is 0 Å². The van der Waals surface area contributed by atoms with Crippen molar-refractivity contribution in [2.24, 2.45) is 0 Å². The van der Waals surface area contributed by atoms with Crippen LogP contribution >= 0.6 is 18.2 Å². The Kier molecular flexibility index (Phi) is 10.5. The first-order chi connectivity index (χ1) is 18.4. The van der Waals surface area contributed by atoms with Crippen molar-refractivity contribution in [3.05, 3.63) is 78.4 Å². The summed E-state index contributed by atoms with van der Waals surface area (Å²) in [5.41, 5.74) is 1.19. The third-order valence-corrected chi connectivity index (χ3v) is 11.4.